The van der Waals surface area contributed by atoms with Crippen LogP contribution >= 0.6 is 28.3 Å². The van der Waals surface area contributed by atoms with Crippen molar-refractivity contribution in [2.45, 2.75) is 19.0 Å². The van der Waals surface area contributed by atoms with Gasteiger partial charge in [0.2, 0.25) is 0 Å². The van der Waals surface area contributed by atoms with Crippen LogP contribution < -0.4 is 5.32 Å². The Morgan fingerprint density at radius 2 is 2.31 bits per heavy atom. The number of benzene rings is 1. The Labute approximate surface area is 109 Å². The molecule has 0 unspecified atom stereocenters. The Kier molecular flexibility index (Phi) is 4.77. The molecule has 1 atom stereocenters. The molecule has 1 aliphatic rings. The summed E-state index contributed by atoms with van der Waals surface area (Å²) in [6.45, 7) is 0.717. The average Bonchev–Trinajstić information content (AvgIpc) is 2.28. The maximum absolute atomic E-state index is 11.4. The lowest BCUT2D eigenvalue weighted by Crippen LogP contribution is -2.42. The highest BCUT2D eigenvalue weighted by molar-refractivity contribution is 9.10. The molecule has 1 heterocycles. The summed E-state index contributed by atoms with van der Waals surface area (Å²) in [6.07, 6.45) is 0.684. The molecule has 0 aliphatic carbocycles. The maximum atomic E-state index is 11.4. The van der Waals surface area contributed by atoms with E-state index in [1.807, 2.05) is 12.1 Å². The van der Waals surface area contributed by atoms with Gasteiger partial charge in [-0.15, -0.1) is 12.4 Å². The molecular weight excluding hydrogens is 293 g/mol. The molecule has 88 valence electrons. The minimum absolute atomic E-state index is 0. The number of carbonyl (C=O) groups excluding carboxylic acids is 1. The minimum atomic E-state index is -0.221. The molecule has 1 N–H and O–H groups in total. The lowest BCUT2D eigenvalue weighted by molar-refractivity contribution is -0.143. The molecule has 0 aromatic heterocycles. The van der Waals surface area contributed by atoms with Gasteiger partial charge in [0.05, 0.1) is 7.11 Å². The smallest absolute Gasteiger partial charge is 0.323 e. The second kappa shape index (κ2) is 5.66. The van der Waals surface area contributed by atoms with Gasteiger partial charge in [0.15, 0.2) is 0 Å². The second-order valence-electron chi connectivity index (χ2n) is 3.54. The Bertz CT molecular complexity index is 398. The Hall–Kier alpha value is -0.580. The summed E-state index contributed by atoms with van der Waals surface area (Å²) in [6, 6.07) is 5.85. The number of hydrogen-bond donors (Lipinski definition) is 1. The molecule has 1 aromatic carbocycles. The van der Waals surface area contributed by atoms with Gasteiger partial charge < -0.3 is 10.1 Å². The van der Waals surface area contributed by atoms with E-state index in [0.717, 1.165) is 4.47 Å². The van der Waals surface area contributed by atoms with Gasteiger partial charge in [-0.05, 0) is 23.6 Å². The summed E-state index contributed by atoms with van der Waals surface area (Å²) in [5.74, 6) is -0.198. The van der Waals surface area contributed by atoms with Gasteiger partial charge in [0, 0.05) is 11.0 Å². The van der Waals surface area contributed by atoms with E-state index < -0.39 is 0 Å². The molecule has 1 aliphatic heterocycles. The first-order chi connectivity index (χ1) is 7.22. The molecule has 2 rings (SSSR count). The van der Waals surface area contributed by atoms with Gasteiger partial charge in [-0.2, -0.15) is 0 Å². The van der Waals surface area contributed by atoms with Gasteiger partial charge in [0.25, 0.3) is 0 Å². The van der Waals surface area contributed by atoms with Gasteiger partial charge in [-0.3, -0.25) is 4.79 Å². The zero-order valence-electron chi connectivity index (χ0n) is 8.83. The largest absolute Gasteiger partial charge is 0.468 e. The van der Waals surface area contributed by atoms with Crippen molar-refractivity contribution >= 4 is 34.3 Å². The Balaban J connectivity index is 0.00000128. The highest BCUT2D eigenvalue weighted by Crippen LogP contribution is 2.25. The van der Waals surface area contributed by atoms with E-state index >= 15 is 0 Å². The molecule has 0 spiro atoms. The first-order valence-electron chi connectivity index (χ1n) is 4.80. The molecule has 0 saturated heterocycles. The summed E-state index contributed by atoms with van der Waals surface area (Å²) >= 11 is 3.50. The number of halogens is 2. The van der Waals surface area contributed by atoms with Crippen LogP contribution in [0.4, 0.5) is 0 Å². The van der Waals surface area contributed by atoms with E-state index in [1.54, 1.807) is 0 Å². The van der Waals surface area contributed by atoms with E-state index in [2.05, 4.69) is 27.3 Å². The molecule has 0 amide bonds. The average molecular weight is 307 g/mol. The second-order valence-corrected chi connectivity index (χ2v) is 4.39. The number of methoxy groups -OCH3 is 1. The number of esters is 1. The van der Waals surface area contributed by atoms with Crippen LogP contribution in [0.25, 0.3) is 0 Å². The molecule has 16 heavy (non-hydrogen) atoms. The number of fused-ring (bicyclic) bond motifs is 1. The van der Waals surface area contributed by atoms with Crippen molar-refractivity contribution in [3.05, 3.63) is 33.8 Å². The fourth-order valence-corrected chi connectivity index (χ4v) is 2.39. The molecular formula is C11H13BrClNO2. The van der Waals surface area contributed by atoms with Crippen molar-refractivity contribution in [3.8, 4) is 0 Å². The van der Waals surface area contributed by atoms with E-state index in [4.69, 9.17) is 4.74 Å². The summed E-state index contributed by atoms with van der Waals surface area (Å²) in [5.41, 5.74) is 2.44. The lowest BCUT2D eigenvalue weighted by atomic mass is 9.96. The zero-order valence-corrected chi connectivity index (χ0v) is 11.2. The third kappa shape index (κ3) is 2.56. The predicted molar refractivity (Wildman–Crippen MR) is 67.7 cm³/mol. The molecule has 0 bridgehead atoms. The highest BCUT2D eigenvalue weighted by Gasteiger charge is 2.25. The van der Waals surface area contributed by atoms with Crippen LogP contribution in [-0.2, 0) is 22.5 Å². The maximum Gasteiger partial charge on any atom is 0.323 e. The molecule has 0 saturated carbocycles. The Morgan fingerprint density at radius 1 is 1.56 bits per heavy atom. The topological polar surface area (TPSA) is 38.3 Å². The first kappa shape index (κ1) is 13.5. The fourth-order valence-electron chi connectivity index (χ4n) is 1.82. The van der Waals surface area contributed by atoms with Crippen LogP contribution in [0.3, 0.4) is 0 Å². The monoisotopic (exact) mass is 305 g/mol. The van der Waals surface area contributed by atoms with Gasteiger partial charge in [0.1, 0.15) is 6.04 Å². The van der Waals surface area contributed by atoms with Crippen LogP contribution in [0.5, 0.6) is 0 Å². The van der Waals surface area contributed by atoms with Crippen LogP contribution in [0, 0.1) is 0 Å². The first-order valence-corrected chi connectivity index (χ1v) is 5.59. The molecule has 3 nitrogen and oxygen atoms in total. The standard InChI is InChI=1S/C11H12BrNO2.ClH/c1-15-11(14)10-5-8-7(6-13-10)3-2-4-9(8)12;/h2-4,10,13H,5-6H2,1H3;1H/t10-;/m0./s1. The number of carbonyl (C=O) groups is 1. The summed E-state index contributed by atoms with van der Waals surface area (Å²) < 4.78 is 5.79. The van der Waals surface area contributed by atoms with Crippen molar-refractivity contribution in [2.75, 3.05) is 7.11 Å². The van der Waals surface area contributed by atoms with Crippen molar-refractivity contribution < 1.29 is 9.53 Å². The van der Waals surface area contributed by atoms with Gasteiger partial charge in [-0.1, -0.05) is 28.1 Å². The normalized spacial score (nSPS) is 18.2. The number of ether oxygens (including phenoxy) is 1. The number of hydrogen-bond acceptors (Lipinski definition) is 3. The molecule has 1 aromatic rings. The van der Waals surface area contributed by atoms with E-state index in [-0.39, 0.29) is 24.4 Å². The third-order valence-corrected chi connectivity index (χ3v) is 3.39. The van der Waals surface area contributed by atoms with E-state index in [9.17, 15) is 4.79 Å². The molecule has 0 radical (unpaired) electrons. The quantitative estimate of drug-likeness (QED) is 0.807. The summed E-state index contributed by atoms with van der Waals surface area (Å²) in [7, 11) is 1.42. The van der Waals surface area contributed by atoms with Crippen molar-refractivity contribution in [3.63, 3.8) is 0 Å². The third-order valence-electron chi connectivity index (χ3n) is 2.65. The molecule has 0 fully saturated rings. The van der Waals surface area contributed by atoms with E-state index in [0.29, 0.717) is 13.0 Å². The van der Waals surface area contributed by atoms with Crippen LogP contribution in [-0.4, -0.2) is 19.1 Å². The fraction of sp³-hybridized carbons (Fsp3) is 0.364. The number of nitrogens with one attached hydrogen (secondary N) is 1. The van der Waals surface area contributed by atoms with Crippen molar-refractivity contribution in [2.24, 2.45) is 0 Å². The predicted octanol–water partition coefficient (Wildman–Crippen LogP) is 2.06. The minimum Gasteiger partial charge on any atom is -0.468 e. The van der Waals surface area contributed by atoms with Crippen molar-refractivity contribution in [1.29, 1.82) is 0 Å². The van der Waals surface area contributed by atoms with Gasteiger partial charge >= 0.3 is 5.97 Å². The highest BCUT2D eigenvalue weighted by atomic mass is 79.9. The van der Waals surface area contributed by atoms with Crippen LogP contribution in [0.1, 0.15) is 11.1 Å². The Morgan fingerprint density at radius 3 is 3.00 bits per heavy atom. The number of rotatable bonds is 1. The summed E-state index contributed by atoms with van der Waals surface area (Å²) in [5, 5.41) is 3.16. The summed E-state index contributed by atoms with van der Waals surface area (Å²) in [4.78, 5) is 11.4. The lowest BCUT2D eigenvalue weighted by Gasteiger charge is -2.24. The van der Waals surface area contributed by atoms with Crippen molar-refractivity contribution in [1.82, 2.24) is 5.32 Å². The van der Waals surface area contributed by atoms with Crippen LogP contribution in [0.15, 0.2) is 22.7 Å². The zero-order chi connectivity index (χ0) is 10.8. The SMILES string of the molecule is COC(=O)[C@@H]1Cc2c(Br)cccc2CN1.Cl. The molecule has 5 heteroatoms. The van der Waals surface area contributed by atoms with Crippen LogP contribution in [0.2, 0.25) is 0 Å². The van der Waals surface area contributed by atoms with Gasteiger partial charge in [-0.25, -0.2) is 0 Å². The van der Waals surface area contributed by atoms with E-state index in [1.165, 1.54) is 18.2 Å².